The van der Waals surface area contributed by atoms with E-state index in [-0.39, 0.29) is 12.5 Å². The van der Waals surface area contributed by atoms with Gasteiger partial charge in [0.05, 0.1) is 6.42 Å². The molecule has 2 aromatic rings. The average molecular weight is 388 g/mol. The number of nitrogens with one attached hydrogen (secondary N) is 2. The molecule has 0 unspecified atom stereocenters. The Balaban J connectivity index is 1.55. The summed E-state index contributed by atoms with van der Waals surface area (Å²) >= 11 is 0. The minimum absolute atomic E-state index is 0.0631. The molecule has 1 saturated carbocycles. The summed E-state index contributed by atoms with van der Waals surface area (Å²) in [5.74, 6) is -0.804. The highest BCUT2D eigenvalue weighted by Gasteiger charge is 2.23. The Bertz CT molecular complexity index is 903. The fraction of sp³-hybridized carbons (Fsp3) is 0.556. The number of imide groups is 1. The van der Waals surface area contributed by atoms with E-state index in [0.717, 1.165) is 31.4 Å². The van der Waals surface area contributed by atoms with Gasteiger partial charge in [-0.25, -0.2) is 14.3 Å². The van der Waals surface area contributed by atoms with E-state index >= 15 is 0 Å². The summed E-state index contributed by atoms with van der Waals surface area (Å²) in [6.07, 6.45) is 4.20. The van der Waals surface area contributed by atoms with Gasteiger partial charge in [-0.15, -0.1) is 0 Å². The molecule has 2 heterocycles. The maximum atomic E-state index is 12.3. The molecule has 1 aliphatic carbocycles. The molecule has 0 spiro atoms. The van der Waals surface area contributed by atoms with E-state index in [0.29, 0.717) is 17.0 Å². The number of esters is 1. The molecule has 0 aromatic carbocycles. The smallest absolute Gasteiger partial charge is 0.321 e. The molecule has 2 N–H and O–H groups in total. The Hall–Kier alpha value is -3.04. The number of fused-ring (bicyclic) bond motifs is 1. The van der Waals surface area contributed by atoms with Crippen LogP contribution in [-0.2, 0) is 20.7 Å². The Morgan fingerprint density at radius 2 is 2.00 bits per heavy atom. The largest absolute Gasteiger partial charge is 0.452 e. The molecule has 1 aliphatic rings. The fourth-order valence-electron chi connectivity index (χ4n) is 3.35. The Labute approximate surface area is 162 Å². The van der Waals surface area contributed by atoms with Gasteiger partial charge in [0.25, 0.3) is 11.7 Å². The van der Waals surface area contributed by atoms with Crippen molar-refractivity contribution in [2.75, 3.05) is 0 Å². The van der Waals surface area contributed by atoms with E-state index < -0.39 is 24.0 Å². The summed E-state index contributed by atoms with van der Waals surface area (Å²) in [6.45, 7) is 5.00. The van der Waals surface area contributed by atoms with Gasteiger partial charge in [-0.1, -0.05) is 12.8 Å². The number of aromatic nitrogens is 4. The minimum Gasteiger partial charge on any atom is -0.452 e. The highest BCUT2D eigenvalue weighted by molar-refractivity contribution is 5.97. The number of rotatable bonds is 5. The number of ether oxygens (including phenoxy) is 1. The second kappa shape index (κ2) is 8.32. The van der Waals surface area contributed by atoms with Gasteiger partial charge in [0.15, 0.2) is 6.10 Å². The predicted molar refractivity (Wildman–Crippen MR) is 98.4 cm³/mol. The lowest BCUT2D eigenvalue weighted by Crippen LogP contribution is -2.47. The Kier molecular flexibility index (Phi) is 5.86. The highest BCUT2D eigenvalue weighted by atomic mass is 16.5. The minimum atomic E-state index is -1.09. The first-order valence-corrected chi connectivity index (χ1v) is 9.31. The zero-order chi connectivity index (χ0) is 20.3. The van der Waals surface area contributed by atoms with Gasteiger partial charge in [0.2, 0.25) is 0 Å². The van der Waals surface area contributed by atoms with Crippen LogP contribution >= 0.6 is 0 Å². The molecule has 3 rings (SSSR count). The third kappa shape index (κ3) is 4.44. The molecule has 2 aromatic heterocycles. The maximum absolute atomic E-state index is 12.3. The Morgan fingerprint density at radius 1 is 1.29 bits per heavy atom. The van der Waals surface area contributed by atoms with Crippen molar-refractivity contribution in [3.8, 4) is 0 Å². The summed E-state index contributed by atoms with van der Waals surface area (Å²) in [5, 5.41) is 9.04. The molecule has 10 nitrogen and oxygen atoms in total. The average Bonchev–Trinajstić information content (AvgIpc) is 3.30. The van der Waals surface area contributed by atoms with Crippen molar-refractivity contribution in [3.05, 3.63) is 23.3 Å². The second-order valence-corrected chi connectivity index (χ2v) is 6.99. The summed E-state index contributed by atoms with van der Waals surface area (Å²) in [6, 6.07) is -0.469. The van der Waals surface area contributed by atoms with E-state index in [1.165, 1.54) is 13.3 Å². The fourth-order valence-corrected chi connectivity index (χ4v) is 3.35. The quantitative estimate of drug-likeness (QED) is 0.731. The third-order valence-corrected chi connectivity index (χ3v) is 4.91. The van der Waals surface area contributed by atoms with Gasteiger partial charge in [-0.3, -0.25) is 14.9 Å². The number of urea groups is 1. The van der Waals surface area contributed by atoms with Crippen molar-refractivity contribution < 1.29 is 19.1 Å². The van der Waals surface area contributed by atoms with Crippen LogP contribution in [0, 0.1) is 13.8 Å². The topological polar surface area (TPSA) is 128 Å². The lowest BCUT2D eigenvalue weighted by atomic mass is 10.1. The van der Waals surface area contributed by atoms with Gasteiger partial charge >= 0.3 is 12.0 Å². The Morgan fingerprint density at radius 3 is 2.71 bits per heavy atom. The molecule has 150 valence electrons. The number of nitrogens with zero attached hydrogens (tertiary/aromatic N) is 4. The summed E-state index contributed by atoms with van der Waals surface area (Å²) in [4.78, 5) is 44.6. The lowest BCUT2D eigenvalue weighted by molar-refractivity contribution is -0.153. The van der Waals surface area contributed by atoms with Gasteiger partial charge < -0.3 is 10.1 Å². The van der Waals surface area contributed by atoms with Gasteiger partial charge in [-0.05, 0) is 33.6 Å². The molecule has 28 heavy (non-hydrogen) atoms. The van der Waals surface area contributed by atoms with E-state index in [9.17, 15) is 14.4 Å². The summed E-state index contributed by atoms with van der Waals surface area (Å²) < 4.78 is 6.73. The van der Waals surface area contributed by atoms with Crippen LogP contribution in [0.2, 0.25) is 0 Å². The lowest BCUT2D eigenvalue weighted by Gasteiger charge is -2.16. The molecule has 1 fully saturated rings. The molecule has 0 radical (unpaired) electrons. The van der Waals surface area contributed by atoms with Crippen molar-refractivity contribution in [2.45, 2.75) is 65.0 Å². The summed E-state index contributed by atoms with van der Waals surface area (Å²) in [5.41, 5.74) is 2.03. The van der Waals surface area contributed by atoms with Crippen molar-refractivity contribution >= 4 is 23.7 Å². The van der Waals surface area contributed by atoms with Crippen LogP contribution in [0.1, 0.15) is 49.6 Å². The summed E-state index contributed by atoms with van der Waals surface area (Å²) in [7, 11) is 0. The normalized spacial score (nSPS) is 15.4. The van der Waals surface area contributed by atoms with Crippen molar-refractivity contribution in [1.82, 2.24) is 30.2 Å². The monoisotopic (exact) mass is 388 g/mol. The second-order valence-electron chi connectivity index (χ2n) is 6.99. The van der Waals surface area contributed by atoms with E-state index in [4.69, 9.17) is 4.74 Å². The van der Waals surface area contributed by atoms with Crippen LogP contribution in [-0.4, -0.2) is 49.6 Å². The van der Waals surface area contributed by atoms with Gasteiger partial charge in [0, 0.05) is 23.0 Å². The van der Waals surface area contributed by atoms with Crippen molar-refractivity contribution in [2.24, 2.45) is 0 Å². The highest BCUT2D eigenvalue weighted by Crippen LogP contribution is 2.17. The SMILES string of the molecule is Cc1nc2ncnn2c(C)c1CC(=O)O[C@@H](C)C(=O)NC(=O)NC1CCCC1. The van der Waals surface area contributed by atoms with Crippen LogP contribution in [0.5, 0.6) is 0 Å². The number of hydrogen-bond acceptors (Lipinski definition) is 7. The van der Waals surface area contributed by atoms with E-state index in [1.54, 1.807) is 11.4 Å². The molecule has 0 saturated heterocycles. The first-order valence-electron chi connectivity index (χ1n) is 9.31. The standard InChI is InChI=1S/C18H24N6O4/c1-10-14(11(2)24-17(21-10)19-9-20-24)8-15(25)28-12(3)16(26)23-18(27)22-13-6-4-5-7-13/h9,12-13H,4-8H2,1-3H3,(H2,22,23,26,27)/t12-/m0/s1. The zero-order valence-corrected chi connectivity index (χ0v) is 16.2. The van der Waals surface area contributed by atoms with Crippen molar-refractivity contribution in [1.29, 1.82) is 0 Å². The number of carbonyl (C=O) groups excluding carboxylic acids is 3. The molecule has 1 atom stereocenters. The van der Waals surface area contributed by atoms with Gasteiger partial charge in [-0.2, -0.15) is 10.1 Å². The molecule has 10 heteroatoms. The first kappa shape index (κ1) is 19.7. The molecular formula is C18H24N6O4. The number of carbonyl (C=O) groups is 3. The molecule has 0 bridgehead atoms. The molecule has 3 amide bonds. The van der Waals surface area contributed by atoms with Crippen LogP contribution in [0.3, 0.4) is 0 Å². The number of amides is 3. The first-order chi connectivity index (χ1) is 13.3. The van der Waals surface area contributed by atoms with Gasteiger partial charge in [0.1, 0.15) is 6.33 Å². The molecule has 0 aliphatic heterocycles. The van der Waals surface area contributed by atoms with Crippen LogP contribution in [0.25, 0.3) is 5.78 Å². The third-order valence-electron chi connectivity index (χ3n) is 4.91. The van der Waals surface area contributed by atoms with Crippen LogP contribution in [0.15, 0.2) is 6.33 Å². The maximum Gasteiger partial charge on any atom is 0.321 e. The molecular weight excluding hydrogens is 364 g/mol. The van der Waals surface area contributed by atoms with Crippen molar-refractivity contribution in [3.63, 3.8) is 0 Å². The number of aryl methyl sites for hydroxylation is 2. The van der Waals surface area contributed by atoms with E-state index in [2.05, 4.69) is 25.7 Å². The van der Waals surface area contributed by atoms with Crippen LogP contribution in [0.4, 0.5) is 4.79 Å². The number of hydrogen-bond donors (Lipinski definition) is 2. The van der Waals surface area contributed by atoms with Crippen LogP contribution < -0.4 is 10.6 Å². The predicted octanol–water partition coefficient (Wildman–Crippen LogP) is 0.984. The van der Waals surface area contributed by atoms with E-state index in [1.807, 2.05) is 6.92 Å². The zero-order valence-electron chi connectivity index (χ0n) is 16.2.